The van der Waals surface area contributed by atoms with Crippen LogP contribution in [0.3, 0.4) is 0 Å². The molecule has 1 aromatic rings. The smallest absolute Gasteiger partial charge is 0.245 e. The van der Waals surface area contributed by atoms with E-state index in [1.165, 1.54) is 11.4 Å². The summed E-state index contributed by atoms with van der Waals surface area (Å²) in [4.78, 5) is 0.322. The molecule has 1 aliphatic rings. The zero-order valence-corrected chi connectivity index (χ0v) is 12.1. The molecule has 0 spiro atoms. The third kappa shape index (κ3) is 2.84. The van der Waals surface area contributed by atoms with Crippen LogP contribution in [0.4, 0.5) is 0 Å². The molecule has 6 heteroatoms. The third-order valence-corrected chi connectivity index (χ3v) is 5.00. The molecule has 104 valence electrons. The van der Waals surface area contributed by atoms with Gasteiger partial charge in [0.05, 0.1) is 6.54 Å². The first kappa shape index (κ1) is 14.1. The quantitative estimate of drug-likeness (QED) is 0.785. The highest BCUT2D eigenvalue weighted by Gasteiger charge is 2.29. The van der Waals surface area contributed by atoms with Gasteiger partial charge >= 0.3 is 0 Å². The maximum absolute atomic E-state index is 12.3. The average molecular weight is 281 g/mol. The summed E-state index contributed by atoms with van der Waals surface area (Å²) in [7, 11) is -0.133. The molecule has 5 nitrogen and oxygen atoms in total. The highest BCUT2D eigenvalue weighted by molar-refractivity contribution is 7.89. The molecule has 0 saturated heterocycles. The maximum Gasteiger partial charge on any atom is 0.245 e. The molecule has 0 bridgehead atoms. The van der Waals surface area contributed by atoms with Gasteiger partial charge in [-0.15, -0.1) is 6.42 Å². The maximum atomic E-state index is 12.3. The SMILES string of the molecule is C#CCN(C)S(=O)(=O)c1cc(CNC)n(C2CC2)c1. The number of nitrogens with zero attached hydrogens (tertiary/aromatic N) is 2. The highest BCUT2D eigenvalue weighted by atomic mass is 32.2. The largest absolute Gasteiger partial charge is 0.346 e. The van der Waals surface area contributed by atoms with Crippen LogP contribution in [0.2, 0.25) is 0 Å². The van der Waals surface area contributed by atoms with E-state index in [1.807, 2.05) is 7.05 Å². The van der Waals surface area contributed by atoms with Crippen molar-refractivity contribution in [2.75, 3.05) is 20.6 Å². The summed E-state index contributed by atoms with van der Waals surface area (Å²) < 4.78 is 27.9. The average Bonchev–Trinajstić information content (AvgIpc) is 3.11. The molecule has 0 aromatic carbocycles. The summed E-state index contributed by atoms with van der Waals surface area (Å²) in [6.45, 7) is 0.739. The molecule has 0 unspecified atom stereocenters. The minimum atomic E-state index is -3.48. The Morgan fingerprint density at radius 1 is 1.58 bits per heavy atom. The van der Waals surface area contributed by atoms with E-state index in [1.54, 1.807) is 12.3 Å². The summed E-state index contributed by atoms with van der Waals surface area (Å²) in [5, 5.41) is 3.06. The van der Waals surface area contributed by atoms with Crippen LogP contribution >= 0.6 is 0 Å². The minimum absolute atomic E-state index is 0.0816. The van der Waals surface area contributed by atoms with Gasteiger partial charge in [0, 0.05) is 31.5 Å². The molecule has 1 heterocycles. The van der Waals surface area contributed by atoms with Crippen molar-refractivity contribution in [2.24, 2.45) is 0 Å². The molecule has 1 aromatic heterocycles. The topological polar surface area (TPSA) is 54.3 Å². The fourth-order valence-electron chi connectivity index (χ4n) is 2.05. The van der Waals surface area contributed by atoms with Crippen molar-refractivity contribution in [3.63, 3.8) is 0 Å². The summed E-state index contributed by atoms with van der Waals surface area (Å²) in [5.74, 6) is 2.35. The number of aromatic nitrogens is 1. The Morgan fingerprint density at radius 3 is 2.79 bits per heavy atom. The fraction of sp³-hybridized carbons (Fsp3) is 0.538. The molecule has 0 radical (unpaired) electrons. The van der Waals surface area contributed by atoms with Crippen molar-refractivity contribution in [2.45, 2.75) is 30.3 Å². The van der Waals surface area contributed by atoms with Gasteiger partial charge in [0.15, 0.2) is 0 Å². The van der Waals surface area contributed by atoms with Gasteiger partial charge < -0.3 is 9.88 Å². The van der Waals surface area contributed by atoms with Gasteiger partial charge in [-0.1, -0.05) is 5.92 Å². The summed E-state index contributed by atoms with van der Waals surface area (Å²) in [5.41, 5.74) is 0.998. The van der Waals surface area contributed by atoms with Gasteiger partial charge in [-0.05, 0) is 26.0 Å². The Kier molecular flexibility index (Phi) is 3.99. The predicted molar refractivity (Wildman–Crippen MR) is 74.1 cm³/mol. The molecular formula is C13H19N3O2S. The Balaban J connectivity index is 2.35. The van der Waals surface area contributed by atoms with E-state index in [2.05, 4.69) is 15.8 Å². The third-order valence-electron chi connectivity index (χ3n) is 3.23. The van der Waals surface area contributed by atoms with Gasteiger partial charge in [-0.25, -0.2) is 8.42 Å². The first-order valence-electron chi connectivity index (χ1n) is 6.26. The number of terminal acetylenes is 1. The molecule has 19 heavy (non-hydrogen) atoms. The number of nitrogens with one attached hydrogen (secondary N) is 1. The van der Waals surface area contributed by atoms with E-state index >= 15 is 0 Å². The Bertz CT molecular complexity index is 594. The predicted octanol–water partition coefficient (Wildman–Crippen LogP) is 0.796. The molecule has 1 aliphatic carbocycles. The Hall–Kier alpha value is -1.29. The second-order valence-electron chi connectivity index (χ2n) is 4.80. The Labute approximate surface area is 114 Å². The summed E-state index contributed by atoms with van der Waals surface area (Å²) in [6.07, 6.45) is 9.14. The van der Waals surface area contributed by atoms with E-state index in [-0.39, 0.29) is 6.54 Å². The highest BCUT2D eigenvalue weighted by Crippen LogP contribution is 2.37. The monoisotopic (exact) mass is 281 g/mol. The number of rotatable bonds is 6. The zero-order chi connectivity index (χ0) is 14.0. The molecule has 1 N–H and O–H groups in total. The molecule has 2 rings (SSSR count). The van der Waals surface area contributed by atoms with Crippen LogP contribution in [0.25, 0.3) is 0 Å². The normalized spacial score (nSPS) is 15.7. The van der Waals surface area contributed by atoms with E-state index in [4.69, 9.17) is 6.42 Å². The molecule has 0 atom stereocenters. The van der Waals surface area contributed by atoms with Crippen LogP contribution in [0.15, 0.2) is 17.2 Å². The van der Waals surface area contributed by atoms with Crippen molar-refractivity contribution in [1.82, 2.24) is 14.2 Å². The minimum Gasteiger partial charge on any atom is -0.346 e. The molecule has 1 saturated carbocycles. The van der Waals surface area contributed by atoms with Crippen LogP contribution in [0.5, 0.6) is 0 Å². The number of sulfonamides is 1. The first-order chi connectivity index (χ1) is 9.00. The van der Waals surface area contributed by atoms with Crippen molar-refractivity contribution < 1.29 is 8.42 Å². The summed E-state index contributed by atoms with van der Waals surface area (Å²) >= 11 is 0. The second kappa shape index (κ2) is 5.37. The second-order valence-corrected chi connectivity index (χ2v) is 6.85. The van der Waals surface area contributed by atoms with E-state index in [9.17, 15) is 8.42 Å². The lowest BCUT2D eigenvalue weighted by Crippen LogP contribution is -2.26. The lowest BCUT2D eigenvalue weighted by Gasteiger charge is -2.12. The summed E-state index contributed by atoms with van der Waals surface area (Å²) in [6, 6.07) is 2.18. The van der Waals surface area contributed by atoms with Crippen LogP contribution in [-0.2, 0) is 16.6 Å². The Morgan fingerprint density at radius 2 is 2.26 bits per heavy atom. The van der Waals surface area contributed by atoms with E-state index < -0.39 is 10.0 Å². The lowest BCUT2D eigenvalue weighted by molar-refractivity contribution is 0.502. The van der Waals surface area contributed by atoms with Gasteiger partial charge in [0.1, 0.15) is 4.90 Å². The van der Waals surface area contributed by atoms with Crippen molar-refractivity contribution in [3.05, 3.63) is 18.0 Å². The zero-order valence-electron chi connectivity index (χ0n) is 11.3. The van der Waals surface area contributed by atoms with Crippen LogP contribution < -0.4 is 5.32 Å². The first-order valence-corrected chi connectivity index (χ1v) is 7.70. The molecular weight excluding hydrogens is 262 g/mol. The van der Waals surface area contributed by atoms with Crippen molar-refractivity contribution in [1.29, 1.82) is 0 Å². The molecule has 0 amide bonds. The number of hydrogen-bond donors (Lipinski definition) is 1. The van der Waals surface area contributed by atoms with E-state index in [0.29, 0.717) is 17.5 Å². The van der Waals surface area contributed by atoms with Crippen LogP contribution in [0, 0.1) is 12.3 Å². The van der Waals surface area contributed by atoms with Gasteiger partial charge in [-0.2, -0.15) is 4.31 Å². The van der Waals surface area contributed by atoms with Crippen molar-refractivity contribution in [3.8, 4) is 12.3 Å². The van der Waals surface area contributed by atoms with E-state index in [0.717, 1.165) is 18.5 Å². The molecule has 0 aliphatic heterocycles. The van der Waals surface area contributed by atoms with Crippen LogP contribution in [-0.4, -0.2) is 37.9 Å². The lowest BCUT2D eigenvalue weighted by atomic mass is 10.4. The van der Waals surface area contributed by atoms with Gasteiger partial charge in [0.2, 0.25) is 10.0 Å². The van der Waals surface area contributed by atoms with Gasteiger partial charge in [0.25, 0.3) is 0 Å². The molecule has 1 fully saturated rings. The number of hydrogen-bond acceptors (Lipinski definition) is 3. The standard InChI is InChI=1S/C13H19N3O2S/c1-4-7-15(3)19(17,18)13-8-12(9-14-2)16(10-13)11-5-6-11/h1,8,10-11,14H,5-7,9H2,2-3H3. The fourth-order valence-corrected chi connectivity index (χ4v) is 3.18. The van der Waals surface area contributed by atoms with Gasteiger partial charge in [-0.3, -0.25) is 0 Å². The van der Waals surface area contributed by atoms with Crippen molar-refractivity contribution >= 4 is 10.0 Å². The van der Waals surface area contributed by atoms with Crippen LogP contribution in [0.1, 0.15) is 24.6 Å².